The number of phenols is 1. The second-order valence-corrected chi connectivity index (χ2v) is 7.37. The summed E-state index contributed by atoms with van der Waals surface area (Å²) in [6, 6.07) is 4.64. The molecule has 1 aromatic rings. The Bertz CT molecular complexity index is 821. The molecule has 1 aliphatic heterocycles. The van der Waals surface area contributed by atoms with Gasteiger partial charge >= 0.3 is 0 Å². The van der Waals surface area contributed by atoms with Crippen molar-refractivity contribution >= 4 is 18.0 Å². The Labute approximate surface area is 190 Å². The van der Waals surface area contributed by atoms with Gasteiger partial charge in [-0.15, -0.1) is 0 Å². The molecule has 1 saturated heterocycles. The van der Waals surface area contributed by atoms with Gasteiger partial charge in [-0.2, -0.15) is 5.10 Å². The number of carbonyl (C=O) groups excluding carboxylic acids is 2. The molecule has 0 spiro atoms. The molecule has 8 N–H and O–H groups in total. The van der Waals surface area contributed by atoms with Crippen LogP contribution in [0.5, 0.6) is 11.5 Å². The molecule has 1 aromatic carbocycles. The van der Waals surface area contributed by atoms with Crippen LogP contribution in [0.3, 0.4) is 0 Å². The predicted molar refractivity (Wildman–Crippen MR) is 114 cm³/mol. The van der Waals surface area contributed by atoms with Crippen LogP contribution >= 0.6 is 0 Å². The van der Waals surface area contributed by atoms with Gasteiger partial charge in [-0.1, -0.05) is 0 Å². The summed E-state index contributed by atoms with van der Waals surface area (Å²) in [6.07, 6.45) is -4.60. The number of aliphatic hydroxyl groups is 4. The lowest BCUT2D eigenvalue weighted by atomic mass is 9.99. The van der Waals surface area contributed by atoms with Crippen LogP contribution in [0.15, 0.2) is 23.3 Å². The lowest BCUT2D eigenvalue weighted by Gasteiger charge is -2.40. The van der Waals surface area contributed by atoms with Crippen molar-refractivity contribution in [2.24, 2.45) is 5.10 Å². The zero-order chi connectivity index (χ0) is 24.4. The number of carbonyl (C=O) groups is 2. The first-order valence-electron chi connectivity index (χ1n) is 10.3. The Hall–Kier alpha value is -2.81. The minimum absolute atomic E-state index is 0.0457. The third-order valence-electron chi connectivity index (χ3n) is 4.93. The van der Waals surface area contributed by atoms with E-state index < -0.39 is 43.2 Å². The van der Waals surface area contributed by atoms with Crippen molar-refractivity contribution < 1.29 is 44.6 Å². The number of aromatic hydroxyl groups is 1. The number of aliphatic hydroxyl groups excluding tert-OH is 4. The Morgan fingerprint density at radius 2 is 1.82 bits per heavy atom. The molecule has 2 rings (SSSR count). The minimum atomic E-state index is -1.56. The number of benzene rings is 1. The van der Waals surface area contributed by atoms with E-state index in [4.69, 9.17) is 14.6 Å². The minimum Gasteiger partial charge on any atom is -0.507 e. The number of hydrogen-bond donors (Lipinski definition) is 8. The molecule has 5 atom stereocenters. The van der Waals surface area contributed by atoms with E-state index >= 15 is 0 Å². The molecule has 0 radical (unpaired) electrons. The smallest absolute Gasteiger partial charge is 0.240 e. The largest absolute Gasteiger partial charge is 0.507 e. The second kappa shape index (κ2) is 13.0. The highest BCUT2D eigenvalue weighted by atomic mass is 16.6. The predicted octanol–water partition coefficient (Wildman–Crippen LogP) is -2.17. The highest BCUT2D eigenvalue weighted by Crippen LogP contribution is 2.22. The van der Waals surface area contributed by atoms with Gasteiger partial charge in [0, 0.05) is 24.5 Å². The lowest BCUT2D eigenvalue weighted by Crippen LogP contribution is -2.64. The highest BCUT2D eigenvalue weighted by Gasteiger charge is 2.43. The van der Waals surface area contributed by atoms with E-state index in [0.717, 1.165) is 0 Å². The van der Waals surface area contributed by atoms with Crippen LogP contribution in [0.25, 0.3) is 0 Å². The number of ether oxygens (including phenoxy) is 2. The van der Waals surface area contributed by atoms with Crippen LogP contribution in [-0.4, -0.2) is 87.9 Å². The van der Waals surface area contributed by atoms with E-state index in [1.54, 1.807) is 12.1 Å². The molecule has 2 amide bonds. The van der Waals surface area contributed by atoms with Gasteiger partial charge in [-0.3, -0.25) is 15.0 Å². The number of nitrogens with one attached hydrogen (secondary N) is 3. The van der Waals surface area contributed by atoms with Gasteiger partial charge in [0.05, 0.1) is 19.9 Å². The Morgan fingerprint density at radius 3 is 2.45 bits per heavy atom. The normalized spacial score (nSPS) is 25.1. The molecule has 0 saturated carbocycles. The van der Waals surface area contributed by atoms with Crippen molar-refractivity contribution in [2.45, 2.75) is 56.3 Å². The van der Waals surface area contributed by atoms with Crippen LogP contribution < -0.4 is 21.0 Å². The van der Waals surface area contributed by atoms with E-state index in [0.29, 0.717) is 24.2 Å². The summed E-state index contributed by atoms with van der Waals surface area (Å²) in [4.78, 5) is 23.7. The maximum absolute atomic E-state index is 11.9. The zero-order valence-corrected chi connectivity index (χ0v) is 18.0. The molecule has 1 fully saturated rings. The third-order valence-corrected chi connectivity index (χ3v) is 4.93. The third kappa shape index (κ3) is 7.92. The molecule has 184 valence electrons. The van der Waals surface area contributed by atoms with Gasteiger partial charge in [0.15, 0.2) is 6.23 Å². The fourth-order valence-corrected chi connectivity index (χ4v) is 3.00. The van der Waals surface area contributed by atoms with Crippen molar-refractivity contribution in [3.8, 4) is 11.5 Å². The average molecular weight is 470 g/mol. The van der Waals surface area contributed by atoms with Crippen LogP contribution in [-0.2, 0) is 14.3 Å². The first kappa shape index (κ1) is 26.4. The average Bonchev–Trinajstić information content (AvgIpc) is 2.80. The standard InChI is InChI=1S/C20H30N4O9/c1-32-12-7-6-11(13(26)8-12)9-21-22-15(27)4-2-3-5-16(28)23-24-20-19(31)18(30)17(29)14(10-25)33-20/h6-9,14,17-20,24-26,29-31H,2-5,10H2,1H3,(H,22,27)(H,23,28)/b21-9+. The molecule has 1 heterocycles. The maximum Gasteiger partial charge on any atom is 0.240 e. The topological polar surface area (TPSA) is 202 Å². The van der Waals surface area contributed by atoms with Crippen molar-refractivity contribution in [3.05, 3.63) is 23.8 Å². The molecule has 1 aliphatic rings. The molecule has 0 aromatic heterocycles. The van der Waals surface area contributed by atoms with E-state index in [9.17, 15) is 30.0 Å². The van der Waals surface area contributed by atoms with E-state index in [1.807, 2.05) is 0 Å². The summed E-state index contributed by atoms with van der Waals surface area (Å²) in [5.41, 5.74) is 7.46. The van der Waals surface area contributed by atoms with Gasteiger partial charge in [0.1, 0.15) is 35.9 Å². The number of amides is 2. The fourth-order valence-electron chi connectivity index (χ4n) is 3.00. The number of methoxy groups -OCH3 is 1. The van der Waals surface area contributed by atoms with Crippen LogP contribution in [0, 0.1) is 0 Å². The van der Waals surface area contributed by atoms with Gasteiger partial charge < -0.3 is 35.0 Å². The number of nitrogens with zero attached hydrogens (tertiary/aromatic N) is 1. The number of rotatable bonds is 11. The molecular formula is C20H30N4O9. The summed E-state index contributed by atoms with van der Waals surface area (Å²) in [5, 5.41) is 52.1. The van der Waals surface area contributed by atoms with Crippen LogP contribution in [0.2, 0.25) is 0 Å². The molecule has 13 nitrogen and oxygen atoms in total. The molecule has 0 aliphatic carbocycles. The van der Waals surface area contributed by atoms with E-state index in [2.05, 4.69) is 21.4 Å². The Balaban J connectivity index is 1.63. The Kier molecular flexibility index (Phi) is 10.4. The van der Waals surface area contributed by atoms with Crippen molar-refractivity contribution in [3.63, 3.8) is 0 Å². The molecule has 0 bridgehead atoms. The number of unbranched alkanes of at least 4 members (excludes halogenated alkanes) is 1. The first-order chi connectivity index (χ1) is 15.8. The number of hydrazine groups is 1. The summed E-state index contributed by atoms with van der Waals surface area (Å²) < 4.78 is 10.2. The number of hydrazone groups is 1. The second-order valence-electron chi connectivity index (χ2n) is 7.37. The highest BCUT2D eigenvalue weighted by molar-refractivity contribution is 5.85. The SMILES string of the molecule is COc1ccc(/C=N/NC(=O)CCCCC(=O)NNC2OC(CO)C(O)C(O)C2O)c(O)c1. The van der Waals surface area contributed by atoms with Gasteiger partial charge in [-0.05, 0) is 25.0 Å². The van der Waals surface area contributed by atoms with Crippen molar-refractivity contribution in [2.75, 3.05) is 13.7 Å². The number of hydrogen-bond acceptors (Lipinski definition) is 11. The van der Waals surface area contributed by atoms with E-state index in [-0.39, 0.29) is 24.5 Å². The van der Waals surface area contributed by atoms with Crippen LogP contribution in [0.1, 0.15) is 31.2 Å². The Morgan fingerprint density at radius 1 is 1.12 bits per heavy atom. The molecule has 13 heteroatoms. The van der Waals surface area contributed by atoms with E-state index in [1.165, 1.54) is 19.4 Å². The van der Waals surface area contributed by atoms with Crippen molar-refractivity contribution in [1.82, 2.24) is 16.3 Å². The van der Waals surface area contributed by atoms with Gasteiger partial charge in [0.2, 0.25) is 11.8 Å². The van der Waals surface area contributed by atoms with Crippen LogP contribution in [0.4, 0.5) is 0 Å². The summed E-state index contributed by atoms with van der Waals surface area (Å²) in [5.74, 6) is -0.365. The quantitative estimate of drug-likeness (QED) is 0.0999. The van der Waals surface area contributed by atoms with Gasteiger partial charge in [-0.25, -0.2) is 10.9 Å². The summed E-state index contributed by atoms with van der Waals surface area (Å²) >= 11 is 0. The maximum atomic E-state index is 11.9. The monoisotopic (exact) mass is 470 g/mol. The molecule has 33 heavy (non-hydrogen) atoms. The zero-order valence-electron chi connectivity index (χ0n) is 18.0. The van der Waals surface area contributed by atoms with Crippen molar-refractivity contribution in [1.29, 1.82) is 0 Å². The lowest BCUT2D eigenvalue weighted by molar-refractivity contribution is -0.238. The fraction of sp³-hybridized carbons (Fsp3) is 0.550. The summed E-state index contributed by atoms with van der Waals surface area (Å²) in [6.45, 7) is -0.579. The summed E-state index contributed by atoms with van der Waals surface area (Å²) in [7, 11) is 1.48. The molecule has 5 unspecified atom stereocenters. The number of phenolic OH excluding ortho intramolecular Hbond substituents is 1. The first-order valence-corrected chi connectivity index (χ1v) is 10.3. The molecular weight excluding hydrogens is 440 g/mol. The van der Waals surface area contributed by atoms with Gasteiger partial charge in [0.25, 0.3) is 0 Å².